The van der Waals surface area contributed by atoms with Crippen molar-refractivity contribution < 1.29 is 4.74 Å². The number of fused-ring (bicyclic) bond motifs is 3. The van der Waals surface area contributed by atoms with Gasteiger partial charge in [-0.05, 0) is 19.4 Å². The molecule has 0 saturated carbocycles. The number of hydrogen-bond donors (Lipinski definition) is 1. The Labute approximate surface area is 100 Å². The summed E-state index contributed by atoms with van der Waals surface area (Å²) in [6.45, 7) is 3.50. The van der Waals surface area contributed by atoms with Gasteiger partial charge in [0.25, 0.3) is 0 Å². The predicted octanol–water partition coefficient (Wildman–Crippen LogP) is 1.84. The summed E-state index contributed by atoms with van der Waals surface area (Å²) in [5.41, 5.74) is 7.99. The molecule has 2 atom stereocenters. The second-order valence-corrected chi connectivity index (χ2v) is 4.59. The van der Waals surface area contributed by atoms with Gasteiger partial charge in [0.05, 0.1) is 17.3 Å². The zero-order valence-corrected chi connectivity index (χ0v) is 9.97. The van der Waals surface area contributed by atoms with Crippen LogP contribution < -0.4 is 5.73 Å². The Morgan fingerprint density at radius 3 is 3.12 bits per heavy atom. The number of benzene rings is 1. The average molecular weight is 231 g/mol. The molecule has 0 saturated heterocycles. The number of hydrogen-bond acceptors (Lipinski definition) is 3. The lowest BCUT2D eigenvalue weighted by Gasteiger charge is -2.17. The fourth-order valence-electron chi connectivity index (χ4n) is 2.49. The number of rotatable bonds is 1. The average Bonchev–Trinajstić information content (AvgIpc) is 2.64. The molecule has 1 aliphatic rings. The molecule has 3 rings (SSSR count). The normalized spacial score (nSPS) is 24.6. The number of ether oxygens (including phenoxy) is 1. The van der Waals surface area contributed by atoms with Crippen molar-refractivity contribution in [3.05, 3.63) is 30.0 Å². The standard InChI is InChI=1S/C13H17N3O/c1-9-6-7-16-13(12(8-14)17-9)10-4-2-3-5-11(10)15-16/h2-5,9,12H,6-8,14H2,1H3/t9-,12-/m1/s1. The molecule has 1 aliphatic heterocycles. The number of aromatic nitrogens is 2. The maximum Gasteiger partial charge on any atom is 0.112 e. The first-order valence-corrected chi connectivity index (χ1v) is 6.10. The SMILES string of the molecule is C[C@@H]1CCn2nc3ccccc3c2[C@@H](CN)O1. The van der Waals surface area contributed by atoms with E-state index < -0.39 is 0 Å². The fraction of sp³-hybridized carbons (Fsp3) is 0.462. The Kier molecular flexibility index (Phi) is 2.61. The van der Waals surface area contributed by atoms with Gasteiger partial charge < -0.3 is 10.5 Å². The minimum absolute atomic E-state index is 0.0418. The van der Waals surface area contributed by atoms with E-state index in [1.807, 2.05) is 18.2 Å². The molecule has 4 nitrogen and oxygen atoms in total. The van der Waals surface area contributed by atoms with Crippen molar-refractivity contribution in [3.8, 4) is 0 Å². The smallest absolute Gasteiger partial charge is 0.112 e. The van der Waals surface area contributed by atoms with Crippen molar-refractivity contribution in [1.82, 2.24) is 9.78 Å². The third kappa shape index (κ3) is 1.73. The van der Waals surface area contributed by atoms with Crippen LogP contribution in [0.25, 0.3) is 10.9 Å². The number of aryl methyl sites for hydroxylation is 1. The summed E-state index contributed by atoms with van der Waals surface area (Å²) >= 11 is 0. The topological polar surface area (TPSA) is 53.1 Å². The summed E-state index contributed by atoms with van der Waals surface area (Å²) in [6, 6.07) is 8.17. The number of nitrogens with zero attached hydrogens (tertiary/aromatic N) is 2. The van der Waals surface area contributed by atoms with Crippen LogP contribution in [0.4, 0.5) is 0 Å². The second kappa shape index (κ2) is 4.13. The van der Waals surface area contributed by atoms with Crippen molar-refractivity contribution in [3.63, 3.8) is 0 Å². The maximum absolute atomic E-state index is 5.97. The summed E-state index contributed by atoms with van der Waals surface area (Å²) in [4.78, 5) is 0. The van der Waals surface area contributed by atoms with Crippen LogP contribution in [0.1, 0.15) is 25.1 Å². The van der Waals surface area contributed by atoms with Gasteiger partial charge in [-0.2, -0.15) is 5.10 Å². The third-order valence-electron chi connectivity index (χ3n) is 3.35. The lowest BCUT2D eigenvalue weighted by molar-refractivity contribution is 0.00367. The molecule has 2 N–H and O–H groups in total. The molecule has 4 heteroatoms. The van der Waals surface area contributed by atoms with Gasteiger partial charge in [0, 0.05) is 18.5 Å². The van der Waals surface area contributed by atoms with E-state index >= 15 is 0 Å². The van der Waals surface area contributed by atoms with E-state index in [-0.39, 0.29) is 12.2 Å². The Morgan fingerprint density at radius 2 is 2.29 bits per heavy atom. The molecular formula is C13H17N3O. The summed E-state index contributed by atoms with van der Waals surface area (Å²) in [5, 5.41) is 5.79. The molecule has 0 aliphatic carbocycles. The van der Waals surface area contributed by atoms with E-state index in [9.17, 15) is 0 Å². The highest BCUT2D eigenvalue weighted by Crippen LogP contribution is 2.30. The second-order valence-electron chi connectivity index (χ2n) is 4.59. The van der Waals surface area contributed by atoms with E-state index in [4.69, 9.17) is 10.5 Å². The van der Waals surface area contributed by atoms with Gasteiger partial charge in [-0.25, -0.2) is 0 Å². The molecule has 0 amide bonds. The van der Waals surface area contributed by atoms with Gasteiger partial charge in [-0.1, -0.05) is 18.2 Å². The lowest BCUT2D eigenvalue weighted by Crippen LogP contribution is -2.19. The molecule has 1 aromatic carbocycles. The predicted molar refractivity (Wildman–Crippen MR) is 66.7 cm³/mol. The van der Waals surface area contributed by atoms with Gasteiger partial charge in [-0.3, -0.25) is 4.68 Å². The Hall–Kier alpha value is -1.39. The molecule has 0 radical (unpaired) electrons. The first-order valence-electron chi connectivity index (χ1n) is 6.10. The van der Waals surface area contributed by atoms with Crippen LogP contribution in [0.5, 0.6) is 0 Å². The molecule has 2 aromatic rings. The molecule has 90 valence electrons. The minimum Gasteiger partial charge on any atom is -0.368 e. The molecule has 0 unspecified atom stereocenters. The van der Waals surface area contributed by atoms with Crippen LogP contribution in [0.15, 0.2) is 24.3 Å². The van der Waals surface area contributed by atoms with Crippen LogP contribution in [0.2, 0.25) is 0 Å². The zero-order valence-electron chi connectivity index (χ0n) is 9.97. The lowest BCUT2D eigenvalue weighted by atomic mass is 10.1. The zero-order chi connectivity index (χ0) is 11.8. The summed E-state index contributed by atoms with van der Waals surface area (Å²) in [6.07, 6.45) is 1.18. The van der Waals surface area contributed by atoms with E-state index in [2.05, 4.69) is 22.8 Å². The van der Waals surface area contributed by atoms with Crippen molar-refractivity contribution in [2.45, 2.75) is 32.1 Å². The molecule has 0 fully saturated rings. The summed E-state index contributed by atoms with van der Waals surface area (Å²) < 4.78 is 8.03. The van der Waals surface area contributed by atoms with E-state index in [0.29, 0.717) is 6.54 Å². The minimum atomic E-state index is -0.0418. The van der Waals surface area contributed by atoms with Crippen LogP contribution in [-0.2, 0) is 11.3 Å². The highest BCUT2D eigenvalue weighted by atomic mass is 16.5. The fourth-order valence-corrected chi connectivity index (χ4v) is 2.49. The Balaban J connectivity index is 2.18. The monoisotopic (exact) mass is 231 g/mol. The molecule has 0 spiro atoms. The van der Waals surface area contributed by atoms with Crippen LogP contribution in [0, 0.1) is 0 Å². The molecular weight excluding hydrogens is 214 g/mol. The molecule has 2 heterocycles. The van der Waals surface area contributed by atoms with Crippen LogP contribution in [-0.4, -0.2) is 22.4 Å². The van der Waals surface area contributed by atoms with Crippen LogP contribution in [0.3, 0.4) is 0 Å². The first kappa shape index (κ1) is 10.7. The highest BCUT2D eigenvalue weighted by Gasteiger charge is 2.25. The number of nitrogens with two attached hydrogens (primary N) is 1. The molecule has 1 aromatic heterocycles. The quantitative estimate of drug-likeness (QED) is 0.814. The van der Waals surface area contributed by atoms with E-state index in [1.165, 1.54) is 0 Å². The van der Waals surface area contributed by atoms with Crippen molar-refractivity contribution in [1.29, 1.82) is 0 Å². The van der Waals surface area contributed by atoms with E-state index in [0.717, 1.165) is 29.6 Å². The largest absolute Gasteiger partial charge is 0.368 e. The summed E-state index contributed by atoms with van der Waals surface area (Å²) in [7, 11) is 0. The van der Waals surface area contributed by atoms with Crippen molar-refractivity contribution in [2.24, 2.45) is 5.73 Å². The van der Waals surface area contributed by atoms with Crippen molar-refractivity contribution >= 4 is 10.9 Å². The first-order chi connectivity index (χ1) is 8.29. The highest BCUT2D eigenvalue weighted by molar-refractivity contribution is 5.81. The van der Waals surface area contributed by atoms with Gasteiger partial charge in [-0.15, -0.1) is 0 Å². The Bertz CT molecular complexity index is 534. The molecule has 17 heavy (non-hydrogen) atoms. The Morgan fingerprint density at radius 1 is 1.47 bits per heavy atom. The van der Waals surface area contributed by atoms with Gasteiger partial charge in [0.1, 0.15) is 6.10 Å². The van der Waals surface area contributed by atoms with Crippen LogP contribution >= 0.6 is 0 Å². The molecule has 0 bridgehead atoms. The summed E-state index contributed by atoms with van der Waals surface area (Å²) in [5.74, 6) is 0. The van der Waals surface area contributed by atoms with Gasteiger partial charge in [0.15, 0.2) is 0 Å². The van der Waals surface area contributed by atoms with E-state index in [1.54, 1.807) is 0 Å². The third-order valence-corrected chi connectivity index (χ3v) is 3.35. The van der Waals surface area contributed by atoms with Gasteiger partial charge >= 0.3 is 0 Å². The maximum atomic E-state index is 5.97. The van der Waals surface area contributed by atoms with Crippen molar-refractivity contribution in [2.75, 3.05) is 6.54 Å². The van der Waals surface area contributed by atoms with Gasteiger partial charge in [0.2, 0.25) is 0 Å².